The lowest BCUT2D eigenvalue weighted by Gasteiger charge is -2.35. The second-order valence-corrected chi connectivity index (χ2v) is 8.41. The van der Waals surface area contributed by atoms with Gasteiger partial charge in [-0.15, -0.1) is 0 Å². The van der Waals surface area contributed by atoms with Gasteiger partial charge in [-0.2, -0.15) is 0 Å². The van der Waals surface area contributed by atoms with Crippen LogP contribution in [-0.4, -0.2) is 22.1 Å². The van der Waals surface area contributed by atoms with Gasteiger partial charge < -0.3 is 10.2 Å². The summed E-state index contributed by atoms with van der Waals surface area (Å²) in [5.41, 5.74) is 1.02. The topological polar surface area (TPSA) is 49.4 Å². The van der Waals surface area contributed by atoms with E-state index in [1.807, 2.05) is 30.2 Å². The van der Waals surface area contributed by atoms with E-state index < -0.39 is 5.54 Å². The molecule has 1 aliphatic rings. The van der Waals surface area contributed by atoms with Crippen LogP contribution in [0.25, 0.3) is 0 Å². The van der Waals surface area contributed by atoms with Gasteiger partial charge in [-0.05, 0) is 55.4 Å². The van der Waals surface area contributed by atoms with Gasteiger partial charge in [0.05, 0.1) is 15.7 Å². The Hall–Kier alpha value is -2.01. The highest BCUT2D eigenvalue weighted by atomic mass is 35.5. The van der Waals surface area contributed by atoms with Crippen molar-refractivity contribution in [3.8, 4) is 0 Å². The number of carbonyl (C=O) groups is 2. The minimum atomic E-state index is -0.807. The second kappa shape index (κ2) is 8.78. The van der Waals surface area contributed by atoms with Crippen LogP contribution < -0.4 is 5.32 Å². The lowest BCUT2D eigenvalue weighted by Crippen LogP contribution is -2.49. The standard InChI is InChI=1S/C22H21Cl3N2O2/c1-3-20(28)16-12-15(23)6-8-19(16)26-21(29)22(2)9-4-10-27(22)13-14-5-7-17(24)18(25)11-14/h4-8,10-12H,3,9,13H2,1-2H3,(H,26,29)/t22-/m1/s1. The average molecular weight is 452 g/mol. The van der Waals surface area contributed by atoms with Crippen molar-refractivity contribution in [3.63, 3.8) is 0 Å². The predicted molar refractivity (Wildman–Crippen MR) is 119 cm³/mol. The number of rotatable bonds is 6. The number of benzene rings is 2. The summed E-state index contributed by atoms with van der Waals surface area (Å²) < 4.78 is 0. The Balaban J connectivity index is 1.82. The first-order chi connectivity index (χ1) is 13.7. The zero-order valence-electron chi connectivity index (χ0n) is 16.1. The second-order valence-electron chi connectivity index (χ2n) is 7.16. The average Bonchev–Trinajstić information content (AvgIpc) is 3.07. The van der Waals surface area contributed by atoms with E-state index >= 15 is 0 Å². The van der Waals surface area contributed by atoms with Crippen LogP contribution in [0.3, 0.4) is 0 Å². The molecular weight excluding hydrogens is 431 g/mol. The number of anilines is 1. The highest BCUT2D eigenvalue weighted by Gasteiger charge is 2.40. The largest absolute Gasteiger partial charge is 0.359 e. The van der Waals surface area contributed by atoms with E-state index in [4.69, 9.17) is 34.8 Å². The molecule has 0 spiro atoms. The van der Waals surface area contributed by atoms with Crippen molar-refractivity contribution in [3.05, 3.63) is 74.9 Å². The van der Waals surface area contributed by atoms with Crippen molar-refractivity contribution >= 4 is 52.2 Å². The van der Waals surface area contributed by atoms with E-state index in [9.17, 15) is 9.59 Å². The van der Waals surface area contributed by atoms with Gasteiger partial charge in [0.15, 0.2) is 5.78 Å². The fourth-order valence-corrected chi connectivity index (χ4v) is 3.77. The van der Waals surface area contributed by atoms with Crippen molar-refractivity contribution < 1.29 is 9.59 Å². The maximum absolute atomic E-state index is 13.2. The summed E-state index contributed by atoms with van der Waals surface area (Å²) in [4.78, 5) is 27.5. The minimum absolute atomic E-state index is 0.0786. The number of carbonyl (C=O) groups excluding carboxylic acids is 2. The summed E-state index contributed by atoms with van der Waals surface area (Å²) in [5, 5.41) is 4.34. The molecule has 1 aliphatic heterocycles. The monoisotopic (exact) mass is 450 g/mol. The highest BCUT2D eigenvalue weighted by Crippen LogP contribution is 2.32. The number of ketones is 1. The maximum Gasteiger partial charge on any atom is 0.250 e. The Morgan fingerprint density at radius 1 is 1.10 bits per heavy atom. The minimum Gasteiger partial charge on any atom is -0.359 e. The number of Topliss-reactive ketones (excluding diaryl/α,β-unsaturated/α-hetero) is 1. The molecule has 1 atom stereocenters. The van der Waals surface area contributed by atoms with Crippen molar-refractivity contribution in [2.24, 2.45) is 0 Å². The molecule has 0 aromatic heterocycles. The van der Waals surface area contributed by atoms with Gasteiger partial charge in [0.1, 0.15) is 5.54 Å². The smallest absolute Gasteiger partial charge is 0.250 e. The van der Waals surface area contributed by atoms with E-state index in [0.717, 1.165) is 5.56 Å². The normalized spacial score (nSPS) is 18.2. The summed E-state index contributed by atoms with van der Waals surface area (Å²) in [6, 6.07) is 10.3. The van der Waals surface area contributed by atoms with E-state index in [1.165, 1.54) is 0 Å². The third-order valence-electron chi connectivity index (χ3n) is 5.11. The first-order valence-electron chi connectivity index (χ1n) is 9.26. The molecule has 152 valence electrons. The molecule has 0 fully saturated rings. The van der Waals surface area contributed by atoms with Crippen LogP contribution in [-0.2, 0) is 11.3 Å². The molecule has 0 unspecified atom stereocenters. The molecule has 0 saturated heterocycles. The molecule has 3 rings (SSSR count). The molecule has 0 radical (unpaired) electrons. The molecule has 1 N–H and O–H groups in total. The number of nitrogens with one attached hydrogen (secondary N) is 1. The van der Waals surface area contributed by atoms with E-state index in [2.05, 4.69) is 5.32 Å². The summed E-state index contributed by atoms with van der Waals surface area (Å²) in [7, 11) is 0. The molecule has 0 bridgehead atoms. The van der Waals surface area contributed by atoms with Gasteiger partial charge in [-0.3, -0.25) is 9.59 Å². The van der Waals surface area contributed by atoms with E-state index in [1.54, 1.807) is 37.3 Å². The molecule has 0 aliphatic carbocycles. The molecular formula is C22H21Cl3N2O2. The van der Waals surface area contributed by atoms with Gasteiger partial charge in [-0.1, -0.05) is 53.9 Å². The molecule has 7 heteroatoms. The first-order valence-corrected chi connectivity index (χ1v) is 10.4. The molecule has 2 aromatic carbocycles. The predicted octanol–water partition coefficient (Wildman–Crippen LogP) is 6.36. The van der Waals surface area contributed by atoms with Gasteiger partial charge in [0.2, 0.25) is 5.91 Å². The summed E-state index contributed by atoms with van der Waals surface area (Å²) in [5.74, 6) is -0.278. The Labute approximate surface area is 185 Å². The van der Waals surface area contributed by atoms with Crippen LogP contribution in [0.1, 0.15) is 42.6 Å². The third kappa shape index (κ3) is 4.61. The molecule has 0 saturated carbocycles. The van der Waals surface area contributed by atoms with E-state index in [0.29, 0.717) is 45.7 Å². The fraction of sp³-hybridized carbons (Fsp3) is 0.273. The number of halogens is 3. The Bertz CT molecular complexity index is 990. The molecule has 4 nitrogen and oxygen atoms in total. The van der Waals surface area contributed by atoms with Gasteiger partial charge >= 0.3 is 0 Å². The van der Waals surface area contributed by atoms with Crippen molar-refractivity contribution in [1.29, 1.82) is 0 Å². The number of amides is 1. The lowest BCUT2D eigenvalue weighted by atomic mass is 9.96. The van der Waals surface area contributed by atoms with Gasteiger partial charge in [0.25, 0.3) is 0 Å². The Morgan fingerprint density at radius 2 is 1.86 bits per heavy atom. The SMILES string of the molecule is CCC(=O)c1cc(Cl)ccc1NC(=O)[C@@]1(C)CC=CN1Cc1ccc(Cl)c(Cl)c1. The van der Waals surface area contributed by atoms with Crippen molar-refractivity contribution in [2.75, 3.05) is 5.32 Å². The zero-order chi connectivity index (χ0) is 21.2. The fourth-order valence-electron chi connectivity index (χ4n) is 3.28. The highest BCUT2D eigenvalue weighted by molar-refractivity contribution is 6.42. The van der Waals surface area contributed by atoms with Crippen LogP contribution in [0, 0.1) is 0 Å². The molecule has 1 amide bonds. The van der Waals surface area contributed by atoms with Crippen molar-refractivity contribution in [2.45, 2.75) is 38.8 Å². The van der Waals surface area contributed by atoms with Crippen LogP contribution in [0.2, 0.25) is 15.1 Å². The summed E-state index contributed by atoms with van der Waals surface area (Å²) >= 11 is 18.2. The lowest BCUT2D eigenvalue weighted by molar-refractivity contribution is -0.125. The number of nitrogens with zero attached hydrogens (tertiary/aromatic N) is 1. The molecule has 29 heavy (non-hydrogen) atoms. The van der Waals surface area contributed by atoms with E-state index in [-0.39, 0.29) is 11.7 Å². The number of hydrogen-bond acceptors (Lipinski definition) is 3. The zero-order valence-corrected chi connectivity index (χ0v) is 18.4. The Morgan fingerprint density at radius 3 is 2.55 bits per heavy atom. The summed E-state index contributed by atoms with van der Waals surface area (Å²) in [6.45, 7) is 4.14. The van der Waals surface area contributed by atoms with Gasteiger partial charge in [-0.25, -0.2) is 0 Å². The quantitative estimate of drug-likeness (QED) is 0.520. The molecule has 2 aromatic rings. The van der Waals surface area contributed by atoms with Crippen molar-refractivity contribution in [1.82, 2.24) is 4.90 Å². The summed E-state index contributed by atoms with van der Waals surface area (Å²) in [6.07, 6.45) is 4.73. The molecule has 1 heterocycles. The number of hydrogen-bond donors (Lipinski definition) is 1. The first kappa shape index (κ1) is 21.7. The van der Waals surface area contributed by atoms with Gasteiger partial charge in [0, 0.05) is 23.6 Å². The van der Waals surface area contributed by atoms with Crippen LogP contribution >= 0.6 is 34.8 Å². The maximum atomic E-state index is 13.2. The van der Waals surface area contributed by atoms with Crippen LogP contribution in [0.4, 0.5) is 5.69 Å². The van der Waals surface area contributed by atoms with Crippen LogP contribution in [0.15, 0.2) is 48.7 Å². The Kier molecular flexibility index (Phi) is 6.57. The third-order valence-corrected chi connectivity index (χ3v) is 6.09. The van der Waals surface area contributed by atoms with Crippen LogP contribution in [0.5, 0.6) is 0 Å².